The number of benzene rings is 1. The van der Waals surface area contributed by atoms with Gasteiger partial charge in [0.2, 0.25) is 0 Å². The molecule has 0 saturated heterocycles. The quantitative estimate of drug-likeness (QED) is 0.754. The third-order valence-electron chi connectivity index (χ3n) is 2.80. The van der Waals surface area contributed by atoms with Crippen LogP contribution < -0.4 is 0 Å². The molecule has 0 radical (unpaired) electrons. The van der Waals surface area contributed by atoms with E-state index in [1.165, 1.54) is 0 Å². The summed E-state index contributed by atoms with van der Waals surface area (Å²) in [6.45, 7) is 0. The highest BCUT2D eigenvalue weighted by molar-refractivity contribution is 5.98. The summed E-state index contributed by atoms with van der Waals surface area (Å²) >= 11 is 0. The van der Waals surface area contributed by atoms with Gasteiger partial charge >= 0.3 is 0 Å². The maximum Gasteiger partial charge on any atom is 0.163 e. The van der Waals surface area contributed by atoms with E-state index in [1.807, 2.05) is 30.4 Å². The van der Waals surface area contributed by atoms with Gasteiger partial charge in [-0.25, -0.2) is 0 Å². The lowest BCUT2D eigenvalue weighted by Gasteiger charge is -2.14. The first-order valence-electron chi connectivity index (χ1n) is 5.51. The summed E-state index contributed by atoms with van der Waals surface area (Å²) in [6.07, 6.45) is 6.75. The molecule has 0 amide bonds. The van der Waals surface area contributed by atoms with E-state index in [0.717, 1.165) is 29.5 Å². The Labute approximate surface area is 95.2 Å². The van der Waals surface area contributed by atoms with Crippen LogP contribution in [0, 0.1) is 11.3 Å². The van der Waals surface area contributed by atoms with Crippen LogP contribution in [0.25, 0.3) is 6.08 Å². The van der Waals surface area contributed by atoms with Crippen LogP contribution >= 0.6 is 0 Å². The minimum Gasteiger partial charge on any atom is -0.294 e. The van der Waals surface area contributed by atoms with Crippen LogP contribution in [0.3, 0.4) is 0 Å². The lowest BCUT2D eigenvalue weighted by molar-refractivity contribution is 0.0972. The van der Waals surface area contributed by atoms with Crippen molar-refractivity contribution in [2.45, 2.75) is 25.7 Å². The summed E-state index contributed by atoms with van der Waals surface area (Å²) in [4.78, 5) is 11.7. The standard InChI is InChI=1S/C14H13NO/c15-9-2-1-4-11-7-8-12-5-3-6-14(16)13(12)10-11/h1,4,7-8,10H,2-3,5-6H2. The molecule has 0 bridgehead atoms. The van der Waals surface area contributed by atoms with Gasteiger partial charge in [0.25, 0.3) is 0 Å². The number of fused-ring (bicyclic) bond motifs is 1. The number of aryl methyl sites for hydroxylation is 1. The van der Waals surface area contributed by atoms with Crippen LogP contribution in [0.4, 0.5) is 0 Å². The zero-order valence-corrected chi connectivity index (χ0v) is 9.07. The lowest BCUT2D eigenvalue weighted by atomic mass is 9.89. The molecule has 16 heavy (non-hydrogen) atoms. The molecular weight excluding hydrogens is 198 g/mol. The molecule has 0 atom stereocenters. The number of Topliss-reactive ketones (excluding diaryl/α,β-unsaturated/α-hetero) is 1. The number of carbonyl (C=O) groups is 1. The van der Waals surface area contributed by atoms with Gasteiger partial charge in [0.1, 0.15) is 0 Å². The van der Waals surface area contributed by atoms with Crippen molar-refractivity contribution in [3.05, 3.63) is 41.0 Å². The summed E-state index contributed by atoms with van der Waals surface area (Å²) in [6, 6.07) is 8.02. The molecule has 1 aromatic rings. The van der Waals surface area contributed by atoms with Crippen molar-refractivity contribution in [2.24, 2.45) is 0 Å². The fourth-order valence-electron chi connectivity index (χ4n) is 2.00. The van der Waals surface area contributed by atoms with Crippen molar-refractivity contribution < 1.29 is 4.79 Å². The van der Waals surface area contributed by atoms with Crippen molar-refractivity contribution in [1.82, 2.24) is 0 Å². The van der Waals surface area contributed by atoms with Gasteiger partial charge in [0.15, 0.2) is 5.78 Å². The first-order valence-corrected chi connectivity index (χ1v) is 5.51. The van der Waals surface area contributed by atoms with E-state index >= 15 is 0 Å². The Morgan fingerprint density at radius 3 is 3.06 bits per heavy atom. The van der Waals surface area contributed by atoms with Crippen LogP contribution in [0.1, 0.15) is 40.7 Å². The number of ketones is 1. The van der Waals surface area contributed by atoms with Crippen LogP contribution in [0.5, 0.6) is 0 Å². The second-order valence-corrected chi connectivity index (χ2v) is 3.96. The van der Waals surface area contributed by atoms with Gasteiger partial charge in [-0.05, 0) is 30.0 Å². The number of carbonyl (C=O) groups excluding carboxylic acids is 1. The Balaban J connectivity index is 2.28. The number of nitriles is 1. The second kappa shape index (κ2) is 4.76. The second-order valence-electron chi connectivity index (χ2n) is 3.96. The van der Waals surface area contributed by atoms with E-state index in [1.54, 1.807) is 0 Å². The Bertz CT molecular complexity index is 480. The summed E-state index contributed by atoms with van der Waals surface area (Å²) in [5.74, 6) is 0.247. The Morgan fingerprint density at radius 2 is 2.25 bits per heavy atom. The number of nitrogens with zero attached hydrogens (tertiary/aromatic N) is 1. The Kier molecular flexibility index (Phi) is 3.16. The molecule has 2 rings (SSSR count). The molecule has 0 N–H and O–H groups in total. The number of hydrogen-bond acceptors (Lipinski definition) is 2. The molecular formula is C14H13NO. The van der Waals surface area contributed by atoms with E-state index in [4.69, 9.17) is 5.26 Å². The molecule has 1 aliphatic carbocycles. The number of hydrogen-bond donors (Lipinski definition) is 0. The smallest absolute Gasteiger partial charge is 0.163 e. The van der Waals surface area contributed by atoms with E-state index in [9.17, 15) is 4.79 Å². The molecule has 0 aromatic heterocycles. The monoisotopic (exact) mass is 211 g/mol. The summed E-state index contributed by atoms with van der Waals surface area (Å²) < 4.78 is 0. The number of rotatable bonds is 2. The molecule has 0 unspecified atom stereocenters. The van der Waals surface area contributed by atoms with Gasteiger partial charge < -0.3 is 0 Å². The molecule has 0 heterocycles. The topological polar surface area (TPSA) is 40.9 Å². The van der Waals surface area contributed by atoms with Gasteiger partial charge in [-0.2, -0.15) is 5.26 Å². The molecule has 0 spiro atoms. The van der Waals surface area contributed by atoms with E-state index in [-0.39, 0.29) is 5.78 Å². The molecule has 0 fully saturated rings. The lowest BCUT2D eigenvalue weighted by Crippen LogP contribution is -2.10. The molecule has 0 saturated carbocycles. The average Bonchev–Trinajstić information content (AvgIpc) is 2.30. The highest BCUT2D eigenvalue weighted by Crippen LogP contribution is 2.22. The van der Waals surface area contributed by atoms with Gasteiger partial charge in [-0.3, -0.25) is 4.79 Å². The van der Waals surface area contributed by atoms with Gasteiger partial charge in [-0.15, -0.1) is 0 Å². The zero-order chi connectivity index (χ0) is 11.4. The number of allylic oxidation sites excluding steroid dienone is 1. The first kappa shape index (κ1) is 10.6. The minimum atomic E-state index is 0.247. The zero-order valence-electron chi connectivity index (χ0n) is 9.07. The maximum atomic E-state index is 11.7. The fourth-order valence-corrected chi connectivity index (χ4v) is 2.00. The predicted octanol–water partition coefficient (Wildman–Crippen LogP) is 3.13. The largest absolute Gasteiger partial charge is 0.294 e. The first-order chi connectivity index (χ1) is 7.81. The molecule has 2 heteroatoms. The van der Waals surface area contributed by atoms with E-state index < -0.39 is 0 Å². The van der Waals surface area contributed by atoms with Gasteiger partial charge in [0.05, 0.1) is 12.5 Å². The van der Waals surface area contributed by atoms with Crippen LogP contribution in [0.15, 0.2) is 24.3 Å². The molecule has 1 aromatic carbocycles. The molecule has 2 nitrogen and oxygen atoms in total. The van der Waals surface area contributed by atoms with Gasteiger partial charge in [-0.1, -0.05) is 24.3 Å². The Hall–Kier alpha value is -1.88. The van der Waals surface area contributed by atoms with Crippen molar-refractivity contribution in [2.75, 3.05) is 0 Å². The van der Waals surface area contributed by atoms with Crippen molar-refractivity contribution in [3.8, 4) is 6.07 Å². The SMILES string of the molecule is N#CCC=Cc1ccc2c(c1)C(=O)CCC2. The average molecular weight is 211 g/mol. The Morgan fingerprint density at radius 1 is 1.38 bits per heavy atom. The van der Waals surface area contributed by atoms with Crippen molar-refractivity contribution in [1.29, 1.82) is 5.26 Å². The summed E-state index contributed by atoms with van der Waals surface area (Å²) in [5, 5.41) is 8.42. The van der Waals surface area contributed by atoms with Crippen LogP contribution in [-0.2, 0) is 6.42 Å². The van der Waals surface area contributed by atoms with Gasteiger partial charge in [0, 0.05) is 12.0 Å². The molecule has 80 valence electrons. The maximum absolute atomic E-state index is 11.7. The van der Waals surface area contributed by atoms with Crippen LogP contribution in [-0.4, -0.2) is 5.78 Å². The third-order valence-corrected chi connectivity index (χ3v) is 2.80. The molecule has 0 aliphatic heterocycles. The van der Waals surface area contributed by atoms with E-state index in [0.29, 0.717) is 12.8 Å². The van der Waals surface area contributed by atoms with Crippen LogP contribution in [0.2, 0.25) is 0 Å². The highest BCUT2D eigenvalue weighted by Gasteiger charge is 2.16. The fraction of sp³-hybridized carbons (Fsp3) is 0.286. The normalized spacial score (nSPS) is 14.8. The predicted molar refractivity (Wildman–Crippen MR) is 63.0 cm³/mol. The van der Waals surface area contributed by atoms with Crippen molar-refractivity contribution in [3.63, 3.8) is 0 Å². The summed E-state index contributed by atoms with van der Waals surface area (Å²) in [5.41, 5.74) is 3.03. The van der Waals surface area contributed by atoms with E-state index in [2.05, 4.69) is 6.07 Å². The van der Waals surface area contributed by atoms with Crippen molar-refractivity contribution >= 4 is 11.9 Å². The minimum absolute atomic E-state index is 0.247. The summed E-state index contributed by atoms with van der Waals surface area (Å²) in [7, 11) is 0. The highest BCUT2D eigenvalue weighted by atomic mass is 16.1. The third kappa shape index (κ3) is 2.20. The molecule has 1 aliphatic rings.